The van der Waals surface area contributed by atoms with Crippen molar-refractivity contribution in [1.29, 1.82) is 0 Å². The Bertz CT molecular complexity index is 269. The Morgan fingerprint density at radius 3 is 2.73 bits per heavy atom. The highest BCUT2D eigenvalue weighted by Gasteiger charge is 2.38. The van der Waals surface area contributed by atoms with Crippen LogP contribution >= 0.6 is 23.3 Å². The number of halogens is 1. The highest BCUT2D eigenvalue weighted by atomic mass is 35.5. The third-order valence-corrected chi connectivity index (χ3v) is 2.76. The molecule has 60 valence electrons. The minimum absolute atomic E-state index is 0.236. The number of aromatic nitrogens is 2. The van der Waals surface area contributed by atoms with Gasteiger partial charge in [-0.15, -0.1) is 0 Å². The standard InChI is InChI=1S/C6H8ClN3S/c1-6(2-3-6)8-5-4(7)9-11-10-5/h2-3H2,1H3,(H,8,10). The van der Waals surface area contributed by atoms with Gasteiger partial charge >= 0.3 is 0 Å². The number of hydrogen-bond acceptors (Lipinski definition) is 4. The monoisotopic (exact) mass is 189 g/mol. The first kappa shape index (κ1) is 7.31. The number of nitrogens with zero attached hydrogens (tertiary/aromatic N) is 2. The number of hydrogen-bond donors (Lipinski definition) is 1. The fourth-order valence-corrected chi connectivity index (χ4v) is 1.50. The fraction of sp³-hybridized carbons (Fsp3) is 0.667. The summed E-state index contributed by atoms with van der Waals surface area (Å²) < 4.78 is 7.89. The lowest BCUT2D eigenvalue weighted by Gasteiger charge is -2.08. The van der Waals surface area contributed by atoms with Gasteiger partial charge in [0.15, 0.2) is 11.0 Å². The molecule has 0 spiro atoms. The van der Waals surface area contributed by atoms with E-state index in [0.717, 1.165) is 17.5 Å². The molecule has 0 aliphatic heterocycles. The molecule has 2 rings (SSSR count). The van der Waals surface area contributed by atoms with Gasteiger partial charge in [-0.3, -0.25) is 0 Å². The van der Waals surface area contributed by atoms with Crippen molar-refractivity contribution >= 4 is 29.1 Å². The second kappa shape index (κ2) is 2.32. The maximum absolute atomic E-state index is 5.75. The molecule has 0 atom stereocenters. The van der Waals surface area contributed by atoms with Crippen LogP contribution in [0.15, 0.2) is 0 Å². The summed E-state index contributed by atoms with van der Waals surface area (Å²) >= 11 is 6.89. The predicted octanol–water partition coefficient (Wildman–Crippen LogP) is 2.16. The average molecular weight is 190 g/mol. The Morgan fingerprint density at radius 1 is 1.55 bits per heavy atom. The van der Waals surface area contributed by atoms with E-state index in [2.05, 4.69) is 21.0 Å². The topological polar surface area (TPSA) is 37.8 Å². The molecule has 1 aromatic heterocycles. The molecule has 5 heteroatoms. The van der Waals surface area contributed by atoms with Crippen molar-refractivity contribution in [3.8, 4) is 0 Å². The molecule has 1 aromatic rings. The van der Waals surface area contributed by atoms with Gasteiger partial charge in [-0.05, 0) is 19.8 Å². The van der Waals surface area contributed by atoms with Gasteiger partial charge in [-0.25, -0.2) is 0 Å². The second-order valence-corrected chi connectivity index (χ2v) is 3.98. The third-order valence-electron chi connectivity index (χ3n) is 1.87. The summed E-state index contributed by atoms with van der Waals surface area (Å²) in [6.45, 7) is 2.16. The predicted molar refractivity (Wildman–Crippen MR) is 46.2 cm³/mol. The molecule has 0 saturated heterocycles. The van der Waals surface area contributed by atoms with Crippen molar-refractivity contribution in [2.45, 2.75) is 25.3 Å². The summed E-state index contributed by atoms with van der Waals surface area (Å²) in [6.07, 6.45) is 2.39. The molecule has 0 radical (unpaired) electrons. The highest BCUT2D eigenvalue weighted by Crippen LogP contribution is 2.38. The first-order valence-electron chi connectivity index (χ1n) is 3.46. The van der Waals surface area contributed by atoms with Crippen molar-refractivity contribution in [3.05, 3.63) is 5.15 Å². The van der Waals surface area contributed by atoms with E-state index in [1.54, 1.807) is 0 Å². The summed E-state index contributed by atoms with van der Waals surface area (Å²) in [7, 11) is 0. The van der Waals surface area contributed by atoms with Crippen molar-refractivity contribution in [2.75, 3.05) is 5.32 Å². The Morgan fingerprint density at radius 2 is 2.27 bits per heavy atom. The van der Waals surface area contributed by atoms with E-state index in [4.69, 9.17) is 11.6 Å². The zero-order valence-electron chi connectivity index (χ0n) is 6.09. The van der Waals surface area contributed by atoms with Gasteiger partial charge in [-0.2, -0.15) is 8.75 Å². The molecule has 1 aliphatic rings. The van der Waals surface area contributed by atoms with Crippen LogP contribution in [0.2, 0.25) is 5.15 Å². The second-order valence-electron chi connectivity index (χ2n) is 3.09. The Balaban J connectivity index is 2.12. The van der Waals surface area contributed by atoms with E-state index >= 15 is 0 Å². The largest absolute Gasteiger partial charge is 0.361 e. The summed E-state index contributed by atoms with van der Waals surface area (Å²) in [4.78, 5) is 0. The van der Waals surface area contributed by atoms with Crippen molar-refractivity contribution < 1.29 is 0 Å². The lowest BCUT2D eigenvalue weighted by molar-refractivity contribution is 0.824. The zero-order valence-corrected chi connectivity index (χ0v) is 7.67. The van der Waals surface area contributed by atoms with Crippen molar-refractivity contribution in [2.24, 2.45) is 0 Å². The summed E-state index contributed by atoms with van der Waals surface area (Å²) in [5, 5.41) is 3.73. The molecule has 1 saturated carbocycles. The molecule has 0 aromatic carbocycles. The minimum Gasteiger partial charge on any atom is -0.361 e. The summed E-state index contributed by atoms with van der Waals surface area (Å²) in [6, 6.07) is 0. The highest BCUT2D eigenvalue weighted by molar-refractivity contribution is 6.99. The van der Waals surface area contributed by atoms with E-state index < -0.39 is 0 Å². The van der Waals surface area contributed by atoms with Gasteiger partial charge in [0.25, 0.3) is 0 Å². The lowest BCUT2D eigenvalue weighted by Crippen LogP contribution is -2.16. The molecule has 0 amide bonds. The Hall–Kier alpha value is -0.350. The molecule has 0 unspecified atom stereocenters. The van der Waals surface area contributed by atoms with Gasteiger partial charge in [0.1, 0.15) is 0 Å². The Labute approximate surface area is 74.1 Å². The Kier molecular flexibility index (Phi) is 1.54. The number of rotatable bonds is 2. The maximum Gasteiger partial charge on any atom is 0.186 e. The van der Waals surface area contributed by atoms with Crippen molar-refractivity contribution in [3.63, 3.8) is 0 Å². The van der Waals surface area contributed by atoms with Crippen LogP contribution in [0.1, 0.15) is 19.8 Å². The van der Waals surface area contributed by atoms with Crippen LogP contribution in [0.4, 0.5) is 5.82 Å². The molecular formula is C6H8ClN3S. The molecule has 1 fully saturated rings. The molecule has 3 nitrogen and oxygen atoms in total. The SMILES string of the molecule is CC1(Nc2nsnc2Cl)CC1. The van der Waals surface area contributed by atoms with Gasteiger partial charge in [0.2, 0.25) is 0 Å². The lowest BCUT2D eigenvalue weighted by atomic mass is 10.3. The first-order valence-corrected chi connectivity index (χ1v) is 4.57. The minimum atomic E-state index is 0.236. The first-order chi connectivity index (χ1) is 5.20. The smallest absolute Gasteiger partial charge is 0.186 e. The van der Waals surface area contributed by atoms with E-state index in [1.807, 2.05) is 0 Å². The molecule has 1 aliphatic carbocycles. The molecule has 0 bridgehead atoms. The maximum atomic E-state index is 5.75. The average Bonchev–Trinajstić information content (AvgIpc) is 2.54. The van der Waals surface area contributed by atoms with Gasteiger partial charge < -0.3 is 5.32 Å². The number of anilines is 1. The van der Waals surface area contributed by atoms with Crippen LogP contribution in [0, 0.1) is 0 Å². The van der Waals surface area contributed by atoms with Gasteiger partial charge in [0.05, 0.1) is 11.7 Å². The van der Waals surface area contributed by atoms with Crippen LogP contribution < -0.4 is 5.32 Å². The van der Waals surface area contributed by atoms with Crippen molar-refractivity contribution in [1.82, 2.24) is 8.75 Å². The fourth-order valence-electron chi connectivity index (χ4n) is 0.851. The van der Waals surface area contributed by atoms with E-state index in [9.17, 15) is 0 Å². The van der Waals surface area contributed by atoms with Gasteiger partial charge in [-0.1, -0.05) is 11.6 Å². The van der Waals surface area contributed by atoms with Crippen LogP contribution in [-0.4, -0.2) is 14.3 Å². The van der Waals surface area contributed by atoms with Crippen LogP contribution in [0.5, 0.6) is 0 Å². The van der Waals surface area contributed by atoms with Crippen LogP contribution in [0.25, 0.3) is 0 Å². The van der Waals surface area contributed by atoms with E-state index in [0.29, 0.717) is 5.15 Å². The molecule has 1 heterocycles. The molecule has 11 heavy (non-hydrogen) atoms. The van der Waals surface area contributed by atoms with E-state index in [1.165, 1.54) is 12.8 Å². The normalized spacial score (nSPS) is 19.8. The number of nitrogens with one attached hydrogen (secondary N) is 1. The summed E-state index contributed by atoms with van der Waals surface area (Å²) in [5.74, 6) is 0.733. The van der Waals surface area contributed by atoms with Crippen LogP contribution in [0.3, 0.4) is 0 Å². The van der Waals surface area contributed by atoms with Gasteiger partial charge in [0, 0.05) is 5.54 Å². The molecular weight excluding hydrogens is 182 g/mol. The van der Waals surface area contributed by atoms with E-state index in [-0.39, 0.29) is 5.54 Å². The third kappa shape index (κ3) is 1.46. The zero-order chi connectivity index (χ0) is 7.90. The summed E-state index contributed by atoms with van der Waals surface area (Å²) in [5.41, 5.74) is 0.236. The quantitative estimate of drug-likeness (QED) is 0.775. The van der Waals surface area contributed by atoms with Crippen LogP contribution in [-0.2, 0) is 0 Å². The molecule has 1 N–H and O–H groups in total.